The van der Waals surface area contributed by atoms with Crippen LogP contribution in [0.4, 0.5) is 5.69 Å². The number of aliphatic hydroxyl groups excluding tert-OH is 1. The molecule has 1 atom stereocenters. The Hall–Kier alpha value is -4.46. The van der Waals surface area contributed by atoms with Crippen LogP contribution in [0.25, 0.3) is 5.76 Å². The Balaban J connectivity index is 1.84. The Morgan fingerprint density at radius 2 is 1.78 bits per heavy atom. The van der Waals surface area contributed by atoms with Gasteiger partial charge >= 0.3 is 5.97 Å². The van der Waals surface area contributed by atoms with Gasteiger partial charge < -0.3 is 14.6 Å². The van der Waals surface area contributed by atoms with E-state index in [0.29, 0.717) is 29.3 Å². The van der Waals surface area contributed by atoms with Crippen LogP contribution in [-0.4, -0.2) is 40.5 Å². The zero-order chi connectivity index (χ0) is 26.5. The molecule has 0 aliphatic carbocycles. The summed E-state index contributed by atoms with van der Waals surface area (Å²) < 4.78 is 11.0. The van der Waals surface area contributed by atoms with Gasteiger partial charge in [-0.15, -0.1) is 0 Å². The number of carbonyl (C=O) groups excluding carboxylic acids is 3. The Bertz CT molecular complexity index is 1350. The van der Waals surface area contributed by atoms with E-state index in [2.05, 4.69) is 4.98 Å². The lowest BCUT2D eigenvalue weighted by Crippen LogP contribution is -2.30. The van der Waals surface area contributed by atoms with Crippen molar-refractivity contribution in [1.82, 2.24) is 4.98 Å². The lowest BCUT2D eigenvalue weighted by atomic mass is 9.98. The zero-order valence-electron chi connectivity index (χ0n) is 20.9. The summed E-state index contributed by atoms with van der Waals surface area (Å²) in [5.41, 5.74) is 1.15. The van der Waals surface area contributed by atoms with Gasteiger partial charge in [-0.1, -0.05) is 31.2 Å². The third-order valence-electron chi connectivity index (χ3n) is 5.70. The van der Waals surface area contributed by atoms with Gasteiger partial charge in [-0.05, 0) is 62.7 Å². The van der Waals surface area contributed by atoms with Crippen molar-refractivity contribution in [1.29, 1.82) is 0 Å². The molecule has 190 valence electrons. The minimum absolute atomic E-state index is 0.105. The lowest BCUT2D eigenvalue weighted by Gasteiger charge is -2.25. The predicted molar refractivity (Wildman–Crippen MR) is 138 cm³/mol. The molecule has 8 heteroatoms. The monoisotopic (exact) mass is 500 g/mol. The second kappa shape index (κ2) is 11.1. The van der Waals surface area contributed by atoms with Gasteiger partial charge in [-0.3, -0.25) is 19.5 Å². The molecule has 0 saturated carbocycles. The quantitative estimate of drug-likeness (QED) is 0.199. The second-order valence-corrected chi connectivity index (χ2v) is 8.80. The van der Waals surface area contributed by atoms with Crippen LogP contribution >= 0.6 is 0 Å². The number of rotatable bonds is 8. The standard InChI is InChI=1S/C29H28N2O6/c1-4-15-36-22-12-8-9-19(17-22)26(32)24-25(23-13-5-6-14-30-23)31(28(34)27(24)33)21-11-7-10-20(16-21)29(35)37-18(2)3/h5-14,16-18,25,32H,4,15H2,1-3H3/b26-24+. The van der Waals surface area contributed by atoms with Crippen molar-refractivity contribution in [3.05, 3.63) is 95.3 Å². The van der Waals surface area contributed by atoms with Crippen LogP contribution in [0.5, 0.6) is 5.75 Å². The maximum atomic E-state index is 13.4. The summed E-state index contributed by atoms with van der Waals surface area (Å²) in [6.07, 6.45) is 2.03. The van der Waals surface area contributed by atoms with Crippen molar-refractivity contribution >= 4 is 29.1 Å². The highest BCUT2D eigenvalue weighted by atomic mass is 16.5. The number of anilines is 1. The average molecular weight is 501 g/mol. The minimum atomic E-state index is -1.02. The molecule has 4 rings (SSSR count). The first kappa shape index (κ1) is 25.6. The van der Waals surface area contributed by atoms with Gasteiger partial charge in [0.25, 0.3) is 11.7 Å². The summed E-state index contributed by atoms with van der Waals surface area (Å²) in [7, 11) is 0. The molecule has 8 nitrogen and oxygen atoms in total. The van der Waals surface area contributed by atoms with Crippen LogP contribution in [-0.2, 0) is 14.3 Å². The fraction of sp³-hybridized carbons (Fsp3) is 0.241. The third kappa shape index (κ3) is 5.38. The van der Waals surface area contributed by atoms with E-state index < -0.39 is 23.7 Å². The summed E-state index contributed by atoms with van der Waals surface area (Å²) in [4.78, 5) is 44.9. The molecule has 1 aromatic heterocycles. The highest BCUT2D eigenvalue weighted by Gasteiger charge is 2.47. The first-order valence-corrected chi connectivity index (χ1v) is 12.1. The lowest BCUT2D eigenvalue weighted by molar-refractivity contribution is -0.132. The first-order valence-electron chi connectivity index (χ1n) is 12.1. The molecule has 1 aliphatic heterocycles. The van der Waals surface area contributed by atoms with E-state index in [4.69, 9.17) is 9.47 Å². The van der Waals surface area contributed by atoms with E-state index in [-0.39, 0.29) is 23.0 Å². The summed E-state index contributed by atoms with van der Waals surface area (Å²) in [5, 5.41) is 11.3. The Morgan fingerprint density at radius 1 is 1.03 bits per heavy atom. The van der Waals surface area contributed by atoms with Gasteiger partial charge in [-0.25, -0.2) is 4.79 Å². The molecule has 0 radical (unpaired) electrons. The zero-order valence-corrected chi connectivity index (χ0v) is 20.9. The molecule has 2 aromatic carbocycles. The van der Waals surface area contributed by atoms with E-state index in [1.54, 1.807) is 80.7 Å². The number of amides is 1. The number of aliphatic hydroxyl groups is 1. The van der Waals surface area contributed by atoms with Gasteiger partial charge in [0, 0.05) is 17.4 Å². The maximum absolute atomic E-state index is 13.4. The van der Waals surface area contributed by atoms with E-state index in [1.807, 2.05) is 6.92 Å². The summed E-state index contributed by atoms with van der Waals surface area (Å²) >= 11 is 0. The SMILES string of the molecule is CCCOc1cccc(/C(O)=C2\C(=O)C(=O)N(c3cccc(C(=O)OC(C)C)c3)C2c2ccccn2)c1. The molecule has 2 heterocycles. The number of esters is 1. The topological polar surface area (TPSA) is 106 Å². The number of ether oxygens (including phenoxy) is 2. The number of aromatic nitrogens is 1. The number of hydrogen-bond acceptors (Lipinski definition) is 7. The molecular weight excluding hydrogens is 472 g/mol. The van der Waals surface area contributed by atoms with Gasteiger partial charge in [0.05, 0.1) is 29.5 Å². The van der Waals surface area contributed by atoms with Crippen molar-refractivity contribution in [2.24, 2.45) is 0 Å². The number of ketones is 1. The number of hydrogen-bond donors (Lipinski definition) is 1. The molecular formula is C29H28N2O6. The van der Waals surface area contributed by atoms with Gasteiger partial charge in [0.1, 0.15) is 17.6 Å². The van der Waals surface area contributed by atoms with Crippen molar-refractivity contribution in [3.63, 3.8) is 0 Å². The van der Waals surface area contributed by atoms with Gasteiger partial charge in [-0.2, -0.15) is 0 Å². The van der Waals surface area contributed by atoms with E-state index in [0.717, 1.165) is 6.42 Å². The van der Waals surface area contributed by atoms with Crippen LogP contribution in [0.2, 0.25) is 0 Å². The Morgan fingerprint density at radius 3 is 2.49 bits per heavy atom. The minimum Gasteiger partial charge on any atom is -0.507 e. The third-order valence-corrected chi connectivity index (χ3v) is 5.70. The molecule has 1 fully saturated rings. The van der Waals surface area contributed by atoms with Crippen LogP contribution in [0, 0.1) is 0 Å². The van der Waals surface area contributed by atoms with Crippen molar-refractivity contribution in [2.75, 3.05) is 11.5 Å². The van der Waals surface area contributed by atoms with E-state index >= 15 is 0 Å². The molecule has 0 spiro atoms. The van der Waals surface area contributed by atoms with Crippen LogP contribution in [0.1, 0.15) is 54.8 Å². The summed E-state index contributed by atoms with van der Waals surface area (Å²) in [6, 6.07) is 17.1. The van der Waals surface area contributed by atoms with Gasteiger partial charge in [0.2, 0.25) is 0 Å². The van der Waals surface area contributed by atoms with E-state index in [1.165, 1.54) is 11.0 Å². The number of Topliss-reactive ketones (excluding diaryl/α,β-unsaturated/α-hetero) is 1. The van der Waals surface area contributed by atoms with E-state index in [9.17, 15) is 19.5 Å². The highest BCUT2D eigenvalue weighted by molar-refractivity contribution is 6.51. The second-order valence-electron chi connectivity index (χ2n) is 8.80. The summed E-state index contributed by atoms with van der Waals surface area (Å²) in [5.74, 6) is -2.06. The molecule has 1 unspecified atom stereocenters. The molecule has 1 aliphatic rings. The molecule has 1 amide bonds. The largest absolute Gasteiger partial charge is 0.507 e. The Labute approximate surface area is 215 Å². The highest BCUT2D eigenvalue weighted by Crippen LogP contribution is 2.42. The fourth-order valence-electron chi connectivity index (χ4n) is 4.09. The number of carbonyl (C=O) groups is 3. The summed E-state index contributed by atoms with van der Waals surface area (Å²) in [6.45, 7) is 5.96. The normalized spacial score (nSPS) is 16.8. The molecule has 0 bridgehead atoms. The Kier molecular flexibility index (Phi) is 7.67. The number of benzene rings is 2. The molecule has 1 N–H and O–H groups in total. The molecule has 1 saturated heterocycles. The predicted octanol–water partition coefficient (Wildman–Crippen LogP) is 5.06. The molecule has 3 aromatic rings. The van der Waals surface area contributed by atoms with Crippen LogP contribution < -0.4 is 9.64 Å². The van der Waals surface area contributed by atoms with Crippen molar-refractivity contribution in [2.45, 2.75) is 39.3 Å². The average Bonchev–Trinajstić information content (AvgIpc) is 3.17. The van der Waals surface area contributed by atoms with Gasteiger partial charge in [0.15, 0.2) is 0 Å². The molecule has 37 heavy (non-hydrogen) atoms. The maximum Gasteiger partial charge on any atom is 0.338 e. The number of pyridine rings is 1. The van der Waals surface area contributed by atoms with Crippen molar-refractivity contribution < 1.29 is 29.0 Å². The number of nitrogens with zero attached hydrogens (tertiary/aromatic N) is 2. The van der Waals surface area contributed by atoms with Crippen molar-refractivity contribution in [3.8, 4) is 5.75 Å². The van der Waals surface area contributed by atoms with Crippen LogP contribution in [0.3, 0.4) is 0 Å². The fourth-order valence-corrected chi connectivity index (χ4v) is 4.09. The smallest absolute Gasteiger partial charge is 0.338 e. The first-order chi connectivity index (χ1) is 17.8. The van der Waals surface area contributed by atoms with Crippen LogP contribution in [0.15, 0.2) is 78.5 Å².